The number of piperidine rings is 1. The highest BCUT2D eigenvalue weighted by molar-refractivity contribution is 6.36. The Balaban J connectivity index is 2.17. The van der Waals surface area contributed by atoms with Gasteiger partial charge in [0.2, 0.25) is 0 Å². The maximum atomic E-state index is 12.2. The van der Waals surface area contributed by atoms with Crippen LogP contribution >= 0.6 is 11.6 Å². The summed E-state index contributed by atoms with van der Waals surface area (Å²) >= 11 is 6.01. The van der Waals surface area contributed by atoms with Crippen molar-refractivity contribution in [2.24, 2.45) is 0 Å². The van der Waals surface area contributed by atoms with Crippen LogP contribution in [0, 0.1) is 0 Å². The van der Waals surface area contributed by atoms with Gasteiger partial charge in [0.25, 0.3) is 5.91 Å². The van der Waals surface area contributed by atoms with Crippen LogP contribution in [0.5, 0.6) is 0 Å². The summed E-state index contributed by atoms with van der Waals surface area (Å²) in [6.45, 7) is 1.12. The number of nitrogen functional groups attached to an aromatic ring is 1. The Labute approximate surface area is 105 Å². The van der Waals surface area contributed by atoms with Gasteiger partial charge in [-0.05, 0) is 25.0 Å². The number of anilines is 1. The molecule has 1 heterocycles. The molecular formula is C12H15ClN2O2. The molecule has 1 amide bonds. The third-order valence-corrected chi connectivity index (χ3v) is 3.43. The molecule has 0 saturated carbocycles. The second kappa shape index (κ2) is 4.94. The van der Waals surface area contributed by atoms with Gasteiger partial charge < -0.3 is 15.7 Å². The second-order valence-corrected chi connectivity index (χ2v) is 4.61. The molecule has 4 nitrogen and oxygen atoms in total. The quantitative estimate of drug-likeness (QED) is 0.747. The summed E-state index contributed by atoms with van der Waals surface area (Å²) in [7, 11) is 0. The number of amides is 1. The molecule has 0 aliphatic carbocycles. The number of benzene rings is 1. The summed E-state index contributed by atoms with van der Waals surface area (Å²) < 4.78 is 0. The van der Waals surface area contributed by atoms with E-state index in [0.717, 1.165) is 0 Å². The zero-order valence-electron chi connectivity index (χ0n) is 9.40. The lowest BCUT2D eigenvalue weighted by atomic mass is 10.1. The number of hydrogen-bond acceptors (Lipinski definition) is 3. The molecule has 0 aromatic heterocycles. The Morgan fingerprint density at radius 2 is 2.06 bits per heavy atom. The monoisotopic (exact) mass is 254 g/mol. The first kappa shape index (κ1) is 12.2. The standard InChI is InChI=1S/C12H15ClN2O2/c13-11-9(2-1-3-10(11)14)12(17)15-6-4-8(16)5-7-15/h1-3,8,16H,4-7,14H2. The van der Waals surface area contributed by atoms with Crippen molar-refractivity contribution in [3.05, 3.63) is 28.8 Å². The molecule has 1 saturated heterocycles. The molecule has 1 aromatic carbocycles. The van der Waals surface area contributed by atoms with Gasteiger partial charge in [-0.25, -0.2) is 0 Å². The Kier molecular flexibility index (Phi) is 3.54. The van der Waals surface area contributed by atoms with Crippen LogP contribution in [-0.4, -0.2) is 35.1 Å². The third-order valence-electron chi connectivity index (χ3n) is 3.01. The van der Waals surface area contributed by atoms with Gasteiger partial charge in [-0.15, -0.1) is 0 Å². The van der Waals surface area contributed by atoms with Crippen molar-refractivity contribution in [3.8, 4) is 0 Å². The predicted molar refractivity (Wildman–Crippen MR) is 67.0 cm³/mol. The van der Waals surface area contributed by atoms with Crippen LogP contribution in [0.3, 0.4) is 0 Å². The topological polar surface area (TPSA) is 66.6 Å². The molecule has 5 heteroatoms. The van der Waals surface area contributed by atoms with E-state index in [-0.39, 0.29) is 12.0 Å². The summed E-state index contributed by atoms with van der Waals surface area (Å²) in [5.41, 5.74) is 6.51. The minimum absolute atomic E-state index is 0.116. The van der Waals surface area contributed by atoms with E-state index in [1.807, 2.05) is 0 Å². The molecule has 1 fully saturated rings. The number of aliphatic hydroxyl groups is 1. The summed E-state index contributed by atoms with van der Waals surface area (Å²) in [6.07, 6.45) is 0.938. The lowest BCUT2D eigenvalue weighted by Crippen LogP contribution is -2.40. The molecule has 0 spiro atoms. The first-order chi connectivity index (χ1) is 8.09. The van der Waals surface area contributed by atoms with Crippen LogP contribution in [0.25, 0.3) is 0 Å². The predicted octanol–water partition coefficient (Wildman–Crippen LogP) is 1.52. The number of halogens is 1. The largest absolute Gasteiger partial charge is 0.398 e. The van der Waals surface area contributed by atoms with Gasteiger partial charge in [0.05, 0.1) is 22.4 Å². The average Bonchev–Trinajstić information content (AvgIpc) is 2.33. The number of nitrogens with two attached hydrogens (primary N) is 1. The van der Waals surface area contributed by atoms with Crippen molar-refractivity contribution in [2.75, 3.05) is 18.8 Å². The SMILES string of the molecule is Nc1cccc(C(=O)N2CCC(O)CC2)c1Cl. The van der Waals surface area contributed by atoms with Gasteiger partial charge in [-0.1, -0.05) is 17.7 Å². The molecule has 1 aliphatic heterocycles. The van der Waals surface area contributed by atoms with E-state index in [9.17, 15) is 9.90 Å². The van der Waals surface area contributed by atoms with Gasteiger partial charge in [-0.2, -0.15) is 0 Å². The zero-order valence-corrected chi connectivity index (χ0v) is 10.2. The van der Waals surface area contributed by atoms with Gasteiger partial charge in [-0.3, -0.25) is 4.79 Å². The number of nitrogens with zero attached hydrogens (tertiary/aromatic N) is 1. The van der Waals surface area contributed by atoms with E-state index in [1.54, 1.807) is 23.1 Å². The van der Waals surface area contributed by atoms with E-state index in [0.29, 0.717) is 42.2 Å². The number of carbonyl (C=O) groups is 1. The molecular weight excluding hydrogens is 240 g/mol. The molecule has 0 unspecified atom stereocenters. The molecule has 0 bridgehead atoms. The normalized spacial score (nSPS) is 17.2. The van der Waals surface area contributed by atoms with E-state index in [2.05, 4.69) is 0 Å². The van der Waals surface area contributed by atoms with Crippen LogP contribution in [0.4, 0.5) is 5.69 Å². The Bertz CT molecular complexity index is 429. The van der Waals surface area contributed by atoms with Crippen molar-refractivity contribution in [1.29, 1.82) is 0 Å². The number of rotatable bonds is 1. The van der Waals surface area contributed by atoms with Crippen LogP contribution in [0.15, 0.2) is 18.2 Å². The lowest BCUT2D eigenvalue weighted by molar-refractivity contribution is 0.0547. The minimum Gasteiger partial charge on any atom is -0.398 e. The highest BCUT2D eigenvalue weighted by atomic mass is 35.5. The smallest absolute Gasteiger partial charge is 0.255 e. The molecule has 0 radical (unpaired) electrons. The Morgan fingerprint density at radius 1 is 1.41 bits per heavy atom. The van der Waals surface area contributed by atoms with Crippen molar-refractivity contribution in [2.45, 2.75) is 18.9 Å². The molecule has 0 atom stereocenters. The second-order valence-electron chi connectivity index (χ2n) is 4.23. The lowest BCUT2D eigenvalue weighted by Gasteiger charge is -2.29. The first-order valence-electron chi connectivity index (χ1n) is 5.61. The number of likely N-dealkylation sites (tertiary alicyclic amines) is 1. The van der Waals surface area contributed by atoms with Gasteiger partial charge in [0.15, 0.2) is 0 Å². The van der Waals surface area contributed by atoms with Gasteiger partial charge in [0.1, 0.15) is 0 Å². The molecule has 92 valence electrons. The van der Waals surface area contributed by atoms with Gasteiger partial charge in [0, 0.05) is 13.1 Å². The van der Waals surface area contributed by atoms with Crippen molar-refractivity contribution >= 4 is 23.2 Å². The molecule has 17 heavy (non-hydrogen) atoms. The summed E-state index contributed by atoms with van der Waals surface area (Å²) in [5.74, 6) is -0.116. The summed E-state index contributed by atoms with van der Waals surface area (Å²) in [6, 6.07) is 5.05. The average molecular weight is 255 g/mol. The Hall–Kier alpha value is -1.26. The van der Waals surface area contributed by atoms with E-state index in [1.165, 1.54) is 0 Å². The Morgan fingerprint density at radius 3 is 2.71 bits per heavy atom. The van der Waals surface area contributed by atoms with E-state index >= 15 is 0 Å². The number of carbonyl (C=O) groups excluding carboxylic acids is 1. The van der Waals surface area contributed by atoms with Crippen LogP contribution in [0.1, 0.15) is 23.2 Å². The third kappa shape index (κ3) is 2.53. The number of hydrogen-bond donors (Lipinski definition) is 2. The highest BCUT2D eigenvalue weighted by Crippen LogP contribution is 2.25. The molecule has 3 N–H and O–H groups in total. The summed E-state index contributed by atoms with van der Waals surface area (Å²) in [4.78, 5) is 13.9. The van der Waals surface area contributed by atoms with Crippen LogP contribution in [0.2, 0.25) is 5.02 Å². The fraction of sp³-hybridized carbons (Fsp3) is 0.417. The first-order valence-corrected chi connectivity index (χ1v) is 5.98. The van der Waals surface area contributed by atoms with E-state index in [4.69, 9.17) is 17.3 Å². The summed E-state index contributed by atoms with van der Waals surface area (Å²) in [5, 5.41) is 9.70. The number of aliphatic hydroxyl groups excluding tert-OH is 1. The molecule has 1 aliphatic rings. The maximum Gasteiger partial charge on any atom is 0.255 e. The maximum absolute atomic E-state index is 12.2. The molecule has 2 rings (SSSR count). The highest BCUT2D eigenvalue weighted by Gasteiger charge is 2.24. The van der Waals surface area contributed by atoms with Crippen LogP contribution in [-0.2, 0) is 0 Å². The van der Waals surface area contributed by atoms with Crippen LogP contribution < -0.4 is 5.73 Å². The minimum atomic E-state index is -0.296. The zero-order chi connectivity index (χ0) is 12.4. The van der Waals surface area contributed by atoms with Crippen molar-refractivity contribution in [1.82, 2.24) is 4.90 Å². The fourth-order valence-electron chi connectivity index (χ4n) is 1.95. The van der Waals surface area contributed by atoms with Gasteiger partial charge >= 0.3 is 0 Å². The van der Waals surface area contributed by atoms with Crippen molar-refractivity contribution in [3.63, 3.8) is 0 Å². The van der Waals surface area contributed by atoms with E-state index < -0.39 is 0 Å². The van der Waals surface area contributed by atoms with Crippen molar-refractivity contribution < 1.29 is 9.90 Å². The fourth-order valence-corrected chi connectivity index (χ4v) is 2.16. The molecule has 1 aromatic rings.